The van der Waals surface area contributed by atoms with Gasteiger partial charge in [-0.25, -0.2) is 13.2 Å². The molecule has 1 aromatic heterocycles. The third-order valence-electron chi connectivity index (χ3n) is 15.0. The highest BCUT2D eigenvalue weighted by molar-refractivity contribution is 7.99. The number of hydrogen-bond donors (Lipinski definition) is 3. The van der Waals surface area contributed by atoms with Gasteiger partial charge in [-0.2, -0.15) is 0 Å². The van der Waals surface area contributed by atoms with Crippen LogP contribution in [0.3, 0.4) is 0 Å². The lowest BCUT2D eigenvalue weighted by atomic mass is 9.95. The van der Waals surface area contributed by atoms with Crippen molar-refractivity contribution in [1.29, 1.82) is 0 Å². The van der Waals surface area contributed by atoms with Gasteiger partial charge in [0.05, 0.1) is 40.8 Å². The van der Waals surface area contributed by atoms with Crippen LogP contribution in [0.1, 0.15) is 60.8 Å². The summed E-state index contributed by atoms with van der Waals surface area (Å²) in [5.41, 5.74) is 7.64. The summed E-state index contributed by atoms with van der Waals surface area (Å²) in [6.07, 6.45) is 3.90. The topological polar surface area (TPSA) is 173 Å². The van der Waals surface area contributed by atoms with Gasteiger partial charge in [0.25, 0.3) is 0 Å². The van der Waals surface area contributed by atoms with E-state index in [1.807, 2.05) is 91.9 Å². The zero-order valence-electron chi connectivity index (χ0n) is 43.5. The van der Waals surface area contributed by atoms with Crippen LogP contribution in [0.2, 0.25) is 5.02 Å². The van der Waals surface area contributed by atoms with Gasteiger partial charge in [-0.1, -0.05) is 60.1 Å². The first-order chi connectivity index (χ1) is 36.3. The summed E-state index contributed by atoms with van der Waals surface area (Å²) in [4.78, 5) is 40.3. The number of nitrogens with zero attached hydrogens (tertiary/aromatic N) is 5. The number of carbonyl (C=O) groups is 1. The maximum Gasteiger partial charge on any atom is 0.338 e. The Morgan fingerprint density at radius 2 is 1.47 bits per heavy atom. The Bertz CT molecular complexity index is 3230. The first-order valence-electron chi connectivity index (χ1n) is 26.0. The SMILES string of the molecule is Cc1c(C(=O)O)c(-c2cccc(N3CCN(c4ccc(N5CCO[P@@]5(=O)c5ccc(C[C@H](CCN6CCC(CP(=O)(O)O)CC6)CSc6ccccc6)c(S(C)(=O)=O)c5)cc4)CC3)c2)c(-c2ccc(Cl)cc2)n1C(C)C. The van der Waals surface area contributed by atoms with E-state index in [9.17, 15) is 32.7 Å². The molecule has 0 spiro atoms. The van der Waals surface area contributed by atoms with E-state index in [0.29, 0.717) is 45.8 Å². The molecule has 4 heterocycles. The third kappa shape index (κ3) is 12.8. The predicted molar refractivity (Wildman–Crippen MR) is 308 cm³/mol. The number of aromatic nitrogens is 1. The Hall–Kier alpha value is -4.86. The first-order valence-corrected chi connectivity index (χ1v) is 32.6. The van der Waals surface area contributed by atoms with Crippen molar-refractivity contribution in [1.82, 2.24) is 9.47 Å². The molecule has 5 aromatic carbocycles. The van der Waals surface area contributed by atoms with Gasteiger partial charge < -0.3 is 38.7 Å². The first kappa shape index (κ1) is 55.9. The number of piperazine rings is 1. The summed E-state index contributed by atoms with van der Waals surface area (Å²) in [6.45, 7) is 11.8. The summed E-state index contributed by atoms with van der Waals surface area (Å²) < 4.78 is 64.0. The number of hydrogen-bond acceptors (Lipinski definition) is 10. The molecule has 14 nitrogen and oxygen atoms in total. The number of rotatable bonds is 19. The van der Waals surface area contributed by atoms with E-state index in [1.54, 1.807) is 28.6 Å². The highest BCUT2D eigenvalue weighted by Gasteiger charge is 2.41. The van der Waals surface area contributed by atoms with E-state index >= 15 is 4.57 Å². The second-order valence-electron chi connectivity index (χ2n) is 20.7. The largest absolute Gasteiger partial charge is 0.478 e. The summed E-state index contributed by atoms with van der Waals surface area (Å²) in [6, 6.07) is 39.0. The monoisotopic (exact) mass is 1130 g/mol. The normalized spacial score (nSPS) is 18.4. The van der Waals surface area contributed by atoms with Crippen LogP contribution in [0.4, 0.5) is 17.1 Å². The fourth-order valence-corrected chi connectivity index (χ4v) is 16.8. The van der Waals surface area contributed by atoms with Crippen molar-refractivity contribution >= 4 is 76.7 Å². The van der Waals surface area contributed by atoms with Gasteiger partial charge in [-0.05, 0) is 167 Å². The molecule has 3 aliphatic rings. The molecule has 6 aromatic rings. The highest BCUT2D eigenvalue weighted by Crippen LogP contribution is 2.56. The Balaban J connectivity index is 0.885. The molecule has 2 atom stereocenters. The second-order valence-corrected chi connectivity index (χ2v) is 28.2. The molecular formula is C57H68ClN5O9P2S2. The van der Waals surface area contributed by atoms with E-state index in [0.717, 1.165) is 104 Å². The minimum atomic E-state index is -4.06. The summed E-state index contributed by atoms with van der Waals surface area (Å²) >= 11 is 8.03. The van der Waals surface area contributed by atoms with Crippen molar-refractivity contribution in [3.05, 3.63) is 143 Å². The lowest BCUT2D eigenvalue weighted by molar-refractivity contribution is 0.0696. The van der Waals surface area contributed by atoms with Crippen molar-refractivity contribution in [3.63, 3.8) is 0 Å². The molecule has 19 heteroatoms. The summed E-state index contributed by atoms with van der Waals surface area (Å²) in [5, 5.41) is 11.5. The molecule has 0 radical (unpaired) electrons. The highest BCUT2D eigenvalue weighted by atomic mass is 35.5. The molecule has 404 valence electrons. The van der Waals surface area contributed by atoms with Crippen molar-refractivity contribution < 1.29 is 41.8 Å². The van der Waals surface area contributed by atoms with Gasteiger partial charge in [0, 0.05) is 82.5 Å². The minimum absolute atomic E-state index is 0.00457. The molecule has 3 N–H and O–H groups in total. The number of thioether (sulfide) groups is 1. The molecule has 0 saturated carbocycles. The predicted octanol–water partition coefficient (Wildman–Crippen LogP) is 11.4. The zero-order valence-corrected chi connectivity index (χ0v) is 47.7. The van der Waals surface area contributed by atoms with Gasteiger partial charge >= 0.3 is 21.1 Å². The van der Waals surface area contributed by atoms with Crippen LogP contribution in [-0.2, 0) is 29.9 Å². The molecule has 0 aliphatic carbocycles. The zero-order chi connectivity index (χ0) is 53.9. The lowest BCUT2D eigenvalue weighted by Crippen LogP contribution is -2.46. The average Bonchev–Trinajstić information content (AvgIpc) is 3.95. The van der Waals surface area contributed by atoms with Crippen LogP contribution in [-0.4, -0.2) is 116 Å². The van der Waals surface area contributed by atoms with Gasteiger partial charge in [0.15, 0.2) is 9.84 Å². The Kier molecular flexibility index (Phi) is 17.4. The van der Waals surface area contributed by atoms with E-state index in [1.165, 1.54) is 6.26 Å². The van der Waals surface area contributed by atoms with Crippen LogP contribution in [0.5, 0.6) is 0 Å². The molecule has 0 unspecified atom stereocenters. The number of aromatic carboxylic acids is 1. The number of carboxylic acids is 1. The lowest BCUT2D eigenvalue weighted by Gasteiger charge is -2.37. The van der Waals surface area contributed by atoms with Crippen LogP contribution in [0.15, 0.2) is 131 Å². The van der Waals surface area contributed by atoms with E-state index in [4.69, 9.17) is 16.1 Å². The number of likely N-dealkylation sites (tertiary alicyclic amines) is 1. The second kappa shape index (κ2) is 23.6. The number of carboxylic acid groups (broad SMARTS) is 1. The van der Waals surface area contributed by atoms with Crippen molar-refractivity contribution in [3.8, 4) is 22.4 Å². The van der Waals surface area contributed by atoms with E-state index in [2.05, 4.69) is 57.4 Å². The Labute approximate surface area is 456 Å². The van der Waals surface area contributed by atoms with Crippen molar-refractivity contribution in [2.24, 2.45) is 11.8 Å². The Morgan fingerprint density at radius 3 is 2.11 bits per heavy atom. The summed E-state index contributed by atoms with van der Waals surface area (Å²) in [7, 11) is -11.5. The van der Waals surface area contributed by atoms with Crippen molar-refractivity contribution in [2.45, 2.75) is 62.3 Å². The number of piperidine rings is 1. The number of halogens is 1. The number of benzene rings is 5. The van der Waals surface area contributed by atoms with Crippen LogP contribution in [0, 0.1) is 18.8 Å². The smallest absolute Gasteiger partial charge is 0.338 e. The van der Waals surface area contributed by atoms with Crippen molar-refractivity contribution in [2.75, 3.05) is 91.6 Å². The van der Waals surface area contributed by atoms with E-state index in [-0.39, 0.29) is 41.1 Å². The Morgan fingerprint density at radius 1 is 0.816 bits per heavy atom. The maximum atomic E-state index is 15.1. The molecule has 9 rings (SSSR count). The average molecular weight is 1130 g/mol. The minimum Gasteiger partial charge on any atom is -0.478 e. The van der Waals surface area contributed by atoms with Gasteiger partial charge in [-0.3, -0.25) is 13.8 Å². The van der Waals surface area contributed by atoms with Gasteiger partial charge in [0.1, 0.15) is 0 Å². The fraction of sp³-hybridized carbons (Fsp3) is 0.386. The molecule has 0 bridgehead atoms. The van der Waals surface area contributed by atoms with E-state index < -0.39 is 30.9 Å². The molecule has 76 heavy (non-hydrogen) atoms. The third-order valence-corrected chi connectivity index (χ3v) is 21.2. The number of sulfone groups is 1. The fourth-order valence-electron chi connectivity index (χ4n) is 11.3. The molecule has 0 amide bonds. The quantitative estimate of drug-likeness (QED) is 0.0516. The van der Waals surface area contributed by atoms with Crippen LogP contribution < -0.4 is 19.8 Å². The van der Waals surface area contributed by atoms with Gasteiger partial charge in [-0.15, -0.1) is 11.8 Å². The van der Waals surface area contributed by atoms with Crippen LogP contribution in [0.25, 0.3) is 22.4 Å². The maximum absolute atomic E-state index is 15.1. The molecule has 3 fully saturated rings. The number of anilines is 3. The standard InChI is InChI=1S/C57H68ClN5O9P2S2/c1-40(2)63-41(3)54(57(64)65)55(56(63)44-13-16-47(58)17-14-44)46-9-8-10-50(36-46)61-31-29-60(30-32-61)48-18-20-49(21-19-48)62-33-34-72-74(62,69)51-22-15-45(53(37-51)76(4,70)71)35-43(39-75-52-11-6-5-7-12-52)25-28-59-26-23-42(24-27-59)38-73(66,67)68/h5-22,36-37,40,42-43H,23-35,38-39H2,1-4H3,(H,64,65)(H2,66,67,68)/t43-,74-/m0/s1. The summed E-state index contributed by atoms with van der Waals surface area (Å²) in [5.74, 6) is -0.101. The molecular weight excluding hydrogens is 1060 g/mol. The van der Waals surface area contributed by atoms with Crippen LogP contribution >= 0.6 is 38.5 Å². The van der Waals surface area contributed by atoms with Gasteiger partial charge in [0.2, 0.25) is 0 Å². The molecule has 3 aliphatic heterocycles. The molecule has 3 saturated heterocycles.